The highest BCUT2D eigenvalue weighted by Crippen LogP contribution is 2.70. The highest BCUT2D eigenvalue weighted by molar-refractivity contribution is 7.17. The van der Waals surface area contributed by atoms with E-state index < -0.39 is 8.07 Å². The van der Waals surface area contributed by atoms with Gasteiger partial charge in [0.2, 0.25) is 0 Å². The van der Waals surface area contributed by atoms with Crippen LogP contribution in [0.5, 0.6) is 0 Å². The molecular weight excluding hydrogens is 232 g/mol. The monoisotopic (exact) mass is 258 g/mol. The summed E-state index contributed by atoms with van der Waals surface area (Å²) in [6.45, 7) is 17.0. The lowest BCUT2D eigenvalue weighted by Gasteiger charge is -2.43. The van der Waals surface area contributed by atoms with Gasteiger partial charge in [-0.25, -0.2) is 0 Å². The first kappa shape index (κ1) is 13.6. The summed E-state index contributed by atoms with van der Waals surface area (Å²) >= 11 is 0. The maximum atomic E-state index is 2.43. The molecule has 18 heavy (non-hydrogen) atoms. The van der Waals surface area contributed by atoms with E-state index in [9.17, 15) is 0 Å². The first-order valence-electron chi connectivity index (χ1n) is 6.91. The van der Waals surface area contributed by atoms with E-state index in [1.807, 2.05) is 0 Å². The molecule has 0 aliphatic carbocycles. The van der Waals surface area contributed by atoms with E-state index in [0.717, 1.165) is 0 Å². The van der Waals surface area contributed by atoms with Crippen molar-refractivity contribution >= 4 is 13.3 Å². The van der Waals surface area contributed by atoms with Crippen molar-refractivity contribution in [1.82, 2.24) is 0 Å². The van der Waals surface area contributed by atoms with E-state index in [4.69, 9.17) is 0 Å². The molecule has 0 unspecified atom stereocenters. The van der Waals surface area contributed by atoms with Crippen molar-refractivity contribution in [3.8, 4) is 0 Å². The van der Waals surface area contributed by atoms with Crippen LogP contribution < -0.4 is 0 Å². The molecular formula is C17H26Si. The minimum Gasteiger partial charge on any atom is -0.0774 e. The molecule has 1 heterocycles. The highest BCUT2D eigenvalue weighted by atomic mass is 28.3. The fraction of sp³-hybridized carbons (Fsp3) is 0.529. The zero-order chi connectivity index (χ0) is 13.8. The van der Waals surface area contributed by atoms with Crippen molar-refractivity contribution in [3.05, 3.63) is 41.1 Å². The summed E-state index contributed by atoms with van der Waals surface area (Å²) in [7, 11) is -1.50. The molecule has 0 atom stereocenters. The van der Waals surface area contributed by atoms with Crippen LogP contribution in [0, 0.1) is 0 Å². The van der Waals surface area contributed by atoms with Crippen molar-refractivity contribution in [2.75, 3.05) is 0 Å². The molecule has 0 aromatic heterocycles. The number of hydrogen-bond acceptors (Lipinski definition) is 0. The van der Waals surface area contributed by atoms with E-state index in [0.29, 0.717) is 10.1 Å². The van der Waals surface area contributed by atoms with Gasteiger partial charge in [0.25, 0.3) is 0 Å². The van der Waals surface area contributed by atoms with E-state index in [2.05, 4.69) is 78.8 Å². The summed E-state index contributed by atoms with van der Waals surface area (Å²) in [5, 5.41) is 4.23. The van der Waals surface area contributed by atoms with Crippen LogP contribution >= 0.6 is 0 Å². The normalized spacial score (nSPS) is 19.1. The van der Waals surface area contributed by atoms with Crippen molar-refractivity contribution in [2.24, 2.45) is 0 Å². The molecule has 1 aliphatic heterocycles. The van der Waals surface area contributed by atoms with Gasteiger partial charge in [-0.1, -0.05) is 82.3 Å². The van der Waals surface area contributed by atoms with Gasteiger partial charge in [0, 0.05) is 0 Å². The second-order valence-corrected chi connectivity index (χ2v) is 13.4. The molecule has 1 aromatic carbocycles. The smallest absolute Gasteiger partial charge is 0.0774 e. The molecule has 0 nitrogen and oxygen atoms in total. The molecule has 0 spiro atoms. The fourth-order valence-electron chi connectivity index (χ4n) is 4.44. The molecule has 2 rings (SSSR count). The molecule has 1 aliphatic rings. The van der Waals surface area contributed by atoms with Gasteiger partial charge >= 0.3 is 0 Å². The summed E-state index contributed by atoms with van der Waals surface area (Å²) in [4.78, 5) is 0. The van der Waals surface area contributed by atoms with Crippen LogP contribution in [0.3, 0.4) is 0 Å². The van der Waals surface area contributed by atoms with Crippen LogP contribution in [-0.2, 0) is 0 Å². The fourth-order valence-corrected chi connectivity index (χ4v) is 12.4. The second-order valence-electron chi connectivity index (χ2n) is 7.62. The van der Waals surface area contributed by atoms with E-state index in [-0.39, 0.29) is 0 Å². The lowest BCUT2D eigenvalue weighted by molar-refractivity contribution is 0.642. The van der Waals surface area contributed by atoms with Gasteiger partial charge < -0.3 is 0 Å². The molecule has 0 saturated heterocycles. The maximum absolute atomic E-state index is 2.43. The van der Waals surface area contributed by atoms with Crippen LogP contribution in [-0.4, -0.2) is 8.07 Å². The zero-order valence-corrected chi connectivity index (χ0v) is 13.9. The zero-order valence-electron chi connectivity index (χ0n) is 12.9. The molecule has 0 bridgehead atoms. The highest BCUT2D eigenvalue weighted by Gasteiger charge is 2.66. The Morgan fingerprint density at radius 3 is 1.56 bits per heavy atom. The lowest BCUT2D eigenvalue weighted by atomic mass is 10.2. The van der Waals surface area contributed by atoms with E-state index >= 15 is 0 Å². The second kappa shape index (κ2) is 3.83. The minimum atomic E-state index is -1.50. The SMILES string of the molecule is CC1=C(c2ccccc2)[Si]1(C(C)(C)C)C(C)(C)C. The van der Waals surface area contributed by atoms with Gasteiger partial charge in [0.1, 0.15) is 8.07 Å². The third-order valence-corrected chi connectivity index (χ3v) is 11.6. The Morgan fingerprint density at radius 2 is 1.22 bits per heavy atom. The Bertz CT molecular complexity index is 467. The van der Waals surface area contributed by atoms with Crippen molar-refractivity contribution in [3.63, 3.8) is 0 Å². The van der Waals surface area contributed by atoms with Crippen LogP contribution in [0.4, 0.5) is 0 Å². The molecule has 0 N–H and O–H groups in total. The quantitative estimate of drug-likeness (QED) is 0.575. The first-order chi connectivity index (χ1) is 8.14. The average molecular weight is 258 g/mol. The summed E-state index contributed by atoms with van der Waals surface area (Å²) < 4.78 is 0. The van der Waals surface area contributed by atoms with Gasteiger partial charge in [-0.3, -0.25) is 0 Å². The Morgan fingerprint density at radius 1 is 0.778 bits per heavy atom. The number of benzene rings is 1. The number of allylic oxidation sites excluding steroid dienone is 1. The largest absolute Gasteiger partial charge is 0.123 e. The molecule has 98 valence electrons. The third kappa shape index (κ3) is 1.64. The number of hydrogen-bond donors (Lipinski definition) is 0. The predicted molar refractivity (Wildman–Crippen MR) is 84.2 cm³/mol. The molecule has 1 aromatic rings. The van der Waals surface area contributed by atoms with Gasteiger partial charge in [0.05, 0.1) is 0 Å². The van der Waals surface area contributed by atoms with Crippen LogP contribution in [0.25, 0.3) is 5.20 Å². The van der Waals surface area contributed by atoms with Crippen molar-refractivity contribution < 1.29 is 0 Å². The Labute approximate surface area is 113 Å². The maximum Gasteiger partial charge on any atom is 0.123 e. The molecule has 0 saturated carbocycles. The van der Waals surface area contributed by atoms with Gasteiger partial charge in [0.15, 0.2) is 0 Å². The summed E-state index contributed by atoms with van der Waals surface area (Å²) in [5.74, 6) is 0. The molecule has 0 amide bonds. The van der Waals surface area contributed by atoms with Crippen LogP contribution in [0.1, 0.15) is 54.0 Å². The standard InChI is InChI=1S/C17H26Si/c1-13-15(14-11-9-8-10-12-14)18(13,16(2,3)4)17(5,6)7/h8-12H,1-7H3. The van der Waals surface area contributed by atoms with E-state index in [1.54, 1.807) is 10.4 Å². The van der Waals surface area contributed by atoms with Gasteiger partial charge in [-0.05, 0) is 22.6 Å². The number of rotatable bonds is 1. The first-order valence-corrected chi connectivity index (χ1v) is 8.91. The Hall–Kier alpha value is -0.823. The van der Waals surface area contributed by atoms with Crippen LogP contribution in [0.15, 0.2) is 35.5 Å². The Balaban J connectivity index is 2.53. The average Bonchev–Trinajstić information content (AvgIpc) is 2.86. The van der Waals surface area contributed by atoms with Crippen LogP contribution in [0.2, 0.25) is 10.1 Å². The molecule has 1 heteroatoms. The lowest BCUT2D eigenvalue weighted by Crippen LogP contribution is -2.43. The van der Waals surface area contributed by atoms with Crippen molar-refractivity contribution in [2.45, 2.75) is 58.5 Å². The van der Waals surface area contributed by atoms with Crippen molar-refractivity contribution in [1.29, 1.82) is 0 Å². The summed E-state index contributed by atoms with van der Waals surface area (Å²) in [6.07, 6.45) is 0. The Kier molecular flexibility index (Phi) is 2.90. The summed E-state index contributed by atoms with van der Waals surface area (Å²) in [6, 6.07) is 11.0. The molecule has 0 radical (unpaired) electrons. The van der Waals surface area contributed by atoms with Gasteiger partial charge in [-0.15, -0.1) is 0 Å². The topological polar surface area (TPSA) is 0 Å². The van der Waals surface area contributed by atoms with Gasteiger partial charge in [-0.2, -0.15) is 0 Å². The summed E-state index contributed by atoms with van der Waals surface area (Å²) in [5.41, 5.74) is 1.46. The van der Waals surface area contributed by atoms with E-state index in [1.165, 1.54) is 5.56 Å². The third-order valence-electron chi connectivity index (χ3n) is 4.56. The molecule has 0 fully saturated rings. The predicted octanol–water partition coefficient (Wildman–Crippen LogP) is 5.60. The minimum absolute atomic E-state index is 0.403.